The highest BCUT2D eigenvalue weighted by molar-refractivity contribution is 6.04. The average Bonchev–Trinajstić information content (AvgIpc) is 2.70. The van der Waals surface area contributed by atoms with Crippen LogP contribution in [0.1, 0.15) is 21.6 Å². The summed E-state index contributed by atoms with van der Waals surface area (Å²) >= 11 is 0. The van der Waals surface area contributed by atoms with Gasteiger partial charge in [-0.05, 0) is 49.2 Å². The number of para-hydroxylation sites is 1. The first-order chi connectivity index (χ1) is 13.5. The third kappa shape index (κ3) is 4.23. The minimum absolute atomic E-state index is 0.256. The SMILES string of the molecule is COc1ccc(Nc2ccnc(C(=O)Nc3c(C)cccc3C)c2)cc1OC. The van der Waals surface area contributed by atoms with Crippen LogP contribution in [-0.2, 0) is 0 Å². The fraction of sp³-hybridized carbons (Fsp3) is 0.182. The second kappa shape index (κ2) is 8.43. The predicted octanol–water partition coefficient (Wildman–Crippen LogP) is 4.71. The van der Waals surface area contributed by atoms with Gasteiger partial charge in [0, 0.05) is 29.3 Å². The number of ether oxygens (including phenoxy) is 2. The number of hydrogen-bond donors (Lipinski definition) is 2. The summed E-state index contributed by atoms with van der Waals surface area (Å²) in [4.78, 5) is 16.9. The Balaban J connectivity index is 1.80. The van der Waals surface area contributed by atoms with Gasteiger partial charge in [-0.25, -0.2) is 0 Å². The van der Waals surface area contributed by atoms with Crippen LogP contribution in [0.25, 0.3) is 0 Å². The quantitative estimate of drug-likeness (QED) is 0.651. The Bertz CT molecular complexity index is 982. The van der Waals surface area contributed by atoms with Gasteiger partial charge in [0.15, 0.2) is 11.5 Å². The number of nitrogens with zero attached hydrogens (tertiary/aromatic N) is 1. The van der Waals surface area contributed by atoms with Gasteiger partial charge in [0.1, 0.15) is 5.69 Å². The molecule has 0 saturated heterocycles. The zero-order valence-corrected chi connectivity index (χ0v) is 16.4. The van der Waals surface area contributed by atoms with Crippen LogP contribution in [0.3, 0.4) is 0 Å². The lowest BCUT2D eigenvalue weighted by atomic mass is 10.1. The molecule has 2 aromatic carbocycles. The minimum atomic E-state index is -0.256. The van der Waals surface area contributed by atoms with Crippen molar-refractivity contribution in [3.05, 3.63) is 71.5 Å². The van der Waals surface area contributed by atoms with Crippen LogP contribution >= 0.6 is 0 Å². The molecule has 0 aliphatic heterocycles. The molecule has 0 spiro atoms. The number of carbonyl (C=O) groups is 1. The van der Waals surface area contributed by atoms with Crippen LogP contribution in [0.5, 0.6) is 11.5 Å². The van der Waals surface area contributed by atoms with Crippen LogP contribution < -0.4 is 20.1 Å². The van der Waals surface area contributed by atoms with Gasteiger partial charge in [-0.2, -0.15) is 0 Å². The van der Waals surface area contributed by atoms with E-state index in [1.165, 1.54) is 0 Å². The van der Waals surface area contributed by atoms with Crippen molar-refractivity contribution in [1.29, 1.82) is 0 Å². The van der Waals surface area contributed by atoms with E-state index < -0.39 is 0 Å². The lowest BCUT2D eigenvalue weighted by Gasteiger charge is -2.13. The highest BCUT2D eigenvalue weighted by Crippen LogP contribution is 2.31. The van der Waals surface area contributed by atoms with E-state index in [-0.39, 0.29) is 5.91 Å². The molecule has 144 valence electrons. The lowest BCUT2D eigenvalue weighted by molar-refractivity contribution is 0.102. The summed E-state index contributed by atoms with van der Waals surface area (Å²) in [6.45, 7) is 3.93. The lowest BCUT2D eigenvalue weighted by Crippen LogP contribution is -2.15. The molecule has 6 heteroatoms. The van der Waals surface area contributed by atoms with E-state index in [1.807, 2.05) is 50.2 Å². The highest BCUT2D eigenvalue weighted by atomic mass is 16.5. The van der Waals surface area contributed by atoms with Crippen molar-refractivity contribution in [3.8, 4) is 11.5 Å². The van der Waals surface area contributed by atoms with E-state index in [1.54, 1.807) is 32.5 Å². The van der Waals surface area contributed by atoms with E-state index in [4.69, 9.17) is 9.47 Å². The van der Waals surface area contributed by atoms with Crippen LogP contribution in [-0.4, -0.2) is 25.1 Å². The smallest absolute Gasteiger partial charge is 0.274 e. The standard InChI is InChI=1S/C22H23N3O3/c1-14-6-5-7-15(2)21(14)25-22(26)18-12-17(10-11-23-18)24-16-8-9-19(27-3)20(13-16)28-4/h5-13H,1-4H3,(H,23,24)(H,25,26). The number of rotatable bonds is 6. The second-order valence-electron chi connectivity index (χ2n) is 6.35. The number of aryl methyl sites for hydroxylation is 2. The Morgan fingerprint density at radius 1 is 0.893 bits per heavy atom. The fourth-order valence-electron chi connectivity index (χ4n) is 2.90. The molecule has 0 unspecified atom stereocenters. The van der Waals surface area contributed by atoms with Gasteiger partial charge in [-0.1, -0.05) is 18.2 Å². The van der Waals surface area contributed by atoms with Crippen molar-refractivity contribution in [1.82, 2.24) is 4.98 Å². The van der Waals surface area contributed by atoms with Crippen molar-refractivity contribution < 1.29 is 14.3 Å². The van der Waals surface area contributed by atoms with E-state index in [0.29, 0.717) is 17.2 Å². The number of benzene rings is 2. The zero-order valence-electron chi connectivity index (χ0n) is 16.4. The van der Waals surface area contributed by atoms with E-state index in [0.717, 1.165) is 28.2 Å². The highest BCUT2D eigenvalue weighted by Gasteiger charge is 2.12. The predicted molar refractivity (Wildman–Crippen MR) is 111 cm³/mol. The Morgan fingerprint density at radius 3 is 2.25 bits per heavy atom. The van der Waals surface area contributed by atoms with Gasteiger partial charge in [0.05, 0.1) is 14.2 Å². The number of amides is 1. The molecule has 0 radical (unpaired) electrons. The summed E-state index contributed by atoms with van der Waals surface area (Å²) in [5.41, 5.74) is 4.71. The summed E-state index contributed by atoms with van der Waals surface area (Å²) in [6.07, 6.45) is 1.60. The largest absolute Gasteiger partial charge is 0.493 e. The number of aromatic nitrogens is 1. The van der Waals surface area contributed by atoms with Crippen LogP contribution in [0.4, 0.5) is 17.1 Å². The molecular formula is C22H23N3O3. The van der Waals surface area contributed by atoms with Gasteiger partial charge >= 0.3 is 0 Å². The molecule has 28 heavy (non-hydrogen) atoms. The van der Waals surface area contributed by atoms with Crippen molar-refractivity contribution in [2.45, 2.75) is 13.8 Å². The maximum atomic E-state index is 12.7. The second-order valence-corrected chi connectivity index (χ2v) is 6.35. The molecule has 0 aliphatic rings. The molecule has 0 aliphatic carbocycles. The molecule has 0 fully saturated rings. The number of methoxy groups -OCH3 is 2. The van der Waals surface area contributed by atoms with Gasteiger partial charge in [0.25, 0.3) is 5.91 Å². The fourth-order valence-corrected chi connectivity index (χ4v) is 2.90. The molecule has 3 rings (SSSR count). The molecular weight excluding hydrogens is 354 g/mol. The topological polar surface area (TPSA) is 72.5 Å². The first-order valence-electron chi connectivity index (χ1n) is 8.84. The zero-order chi connectivity index (χ0) is 20.1. The van der Waals surface area contributed by atoms with Gasteiger partial charge in [-0.15, -0.1) is 0 Å². The summed E-state index contributed by atoms with van der Waals surface area (Å²) in [5, 5.41) is 6.21. The first-order valence-corrected chi connectivity index (χ1v) is 8.84. The van der Waals surface area contributed by atoms with Crippen LogP contribution in [0.2, 0.25) is 0 Å². The maximum absolute atomic E-state index is 12.7. The Morgan fingerprint density at radius 2 is 1.57 bits per heavy atom. The number of carbonyl (C=O) groups excluding carboxylic acids is 1. The van der Waals surface area contributed by atoms with E-state index >= 15 is 0 Å². The molecule has 0 bridgehead atoms. The van der Waals surface area contributed by atoms with Gasteiger partial charge in [-0.3, -0.25) is 9.78 Å². The molecule has 0 atom stereocenters. The molecule has 1 aromatic heterocycles. The average molecular weight is 377 g/mol. The summed E-state index contributed by atoms with van der Waals surface area (Å²) in [6, 6.07) is 14.9. The Hall–Kier alpha value is -3.54. The van der Waals surface area contributed by atoms with Crippen molar-refractivity contribution in [2.75, 3.05) is 24.9 Å². The van der Waals surface area contributed by atoms with E-state index in [2.05, 4.69) is 15.6 Å². The summed E-state index contributed by atoms with van der Waals surface area (Å²) < 4.78 is 10.6. The first kappa shape index (κ1) is 19.2. The van der Waals surface area contributed by atoms with Gasteiger partial charge in [0.2, 0.25) is 0 Å². The number of hydrogen-bond acceptors (Lipinski definition) is 5. The minimum Gasteiger partial charge on any atom is -0.493 e. The Labute approximate surface area is 164 Å². The van der Waals surface area contributed by atoms with Gasteiger partial charge < -0.3 is 20.1 Å². The molecule has 2 N–H and O–H groups in total. The molecule has 1 heterocycles. The molecule has 6 nitrogen and oxygen atoms in total. The summed E-state index contributed by atoms with van der Waals surface area (Å²) in [7, 11) is 3.18. The van der Waals surface area contributed by atoms with Crippen molar-refractivity contribution in [2.24, 2.45) is 0 Å². The number of anilines is 3. The van der Waals surface area contributed by atoms with Crippen LogP contribution in [0, 0.1) is 13.8 Å². The normalized spacial score (nSPS) is 10.3. The molecule has 1 amide bonds. The molecule has 0 saturated carbocycles. The van der Waals surface area contributed by atoms with Crippen LogP contribution in [0.15, 0.2) is 54.7 Å². The van der Waals surface area contributed by atoms with Crippen molar-refractivity contribution >= 4 is 23.0 Å². The summed E-state index contributed by atoms with van der Waals surface area (Å²) in [5.74, 6) is 1.01. The third-order valence-electron chi connectivity index (χ3n) is 4.38. The number of pyridine rings is 1. The monoisotopic (exact) mass is 377 g/mol. The maximum Gasteiger partial charge on any atom is 0.274 e. The van der Waals surface area contributed by atoms with E-state index in [9.17, 15) is 4.79 Å². The van der Waals surface area contributed by atoms with Crippen molar-refractivity contribution in [3.63, 3.8) is 0 Å². The Kier molecular flexibility index (Phi) is 5.79. The number of nitrogens with one attached hydrogen (secondary N) is 2. The molecule has 3 aromatic rings. The third-order valence-corrected chi connectivity index (χ3v) is 4.38.